The Morgan fingerprint density at radius 1 is 1.12 bits per heavy atom. The zero-order valence-electron chi connectivity index (χ0n) is 13.8. The van der Waals surface area contributed by atoms with Crippen LogP contribution in [-0.2, 0) is 13.0 Å². The van der Waals surface area contributed by atoms with Crippen LogP contribution in [0.3, 0.4) is 0 Å². The first-order valence-corrected chi connectivity index (χ1v) is 7.98. The topological polar surface area (TPSA) is 59.3 Å². The van der Waals surface area contributed by atoms with Gasteiger partial charge in [0.15, 0.2) is 0 Å². The van der Waals surface area contributed by atoms with Crippen molar-refractivity contribution >= 4 is 16.9 Å². The van der Waals surface area contributed by atoms with Crippen LogP contribution in [0.25, 0.3) is 11.0 Å². The number of carbonyl (C=O) groups excluding carboxylic acids is 1. The van der Waals surface area contributed by atoms with Crippen LogP contribution in [0.15, 0.2) is 57.7 Å². The zero-order valence-corrected chi connectivity index (χ0v) is 13.8. The van der Waals surface area contributed by atoms with Crippen LogP contribution in [0.2, 0.25) is 0 Å². The van der Waals surface area contributed by atoms with Gasteiger partial charge in [-0.1, -0.05) is 31.2 Å². The van der Waals surface area contributed by atoms with Crippen LogP contribution in [0, 0.1) is 6.92 Å². The van der Waals surface area contributed by atoms with Crippen molar-refractivity contribution in [3.05, 3.63) is 81.2 Å². The Morgan fingerprint density at radius 3 is 2.67 bits per heavy atom. The van der Waals surface area contributed by atoms with Gasteiger partial charge >= 0.3 is 5.63 Å². The monoisotopic (exact) mass is 321 g/mol. The van der Waals surface area contributed by atoms with E-state index >= 15 is 0 Å². The molecule has 24 heavy (non-hydrogen) atoms. The maximum Gasteiger partial charge on any atom is 0.336 e. The molecule has 3 aromatic rings. The summed E-state index contributed by atoms with van der Waals surface area (Å²) in [5.74, 6) is -0.152. The minimum atomic E-state index is -0.410. The van der Waals surface area contributed by atoms with Crippen LogP contribution in [0.4, 0.5) is 0 Å². The SMILES string of the molecule is CCc1ccc2oc(=O)cc(CNC(=O)c3ccccc3C)c2c1. The van der Waals surface area contributed by atoms with Gasteiger partial charge in [-0.2, -0.15) is 0 Å². The highest BCUT2D eigenvalue weighted by Crippen LogP contribution is 2.19. The van der Waals surface area contributed by atoms with E-state index in [0.29, 0.717) is 11.1 Å². The van der Waals surface area contributed by atoms with Crippen LogP contribution in [0.5, 0.6) is 0 Å². The Balaban J connectivity index is 1.91. The van der Waals surface area contributed by atoms with Gasteiger partial charge in [-0.3, -0.25) is 4.79 Å². The molecule has 0 spiro atoms. The quantitative estimate of drug-likeness (QED) is 0.747. The number of fused-ring (bicyclic) bond motifs is 1. The molecule has 1 heterocycles. The van der Waals surface area contributed by atoms with Crippen molar-refractivity contribution in [2.24, 2.45) is 0 Å². The van der Waals surface area contributed by atoms with Gasteiger partial charge in [0.25, 0.3) is 5.91 Å². The fourth-order valence-electron chi connectivity index (χ4n) is 2.74. The Kier molecular flexibility index (Phi) is 4.47. The molecule has 0 aliphatic rings. The third-order valence-corrected chi connectivity index (χ3v) is 4.13. The predicted octanol–water partition coefficient (Wildman–Crippen LogP) is 3.59. The molecule has 0 saturated carbocycles. The van der Waals surface area contributed by atoms with Crippen molar-refractivity contribution in [2.75, 3.05) is 0 Å². The second-order valence-electron chi connectivity index (χ2n) is 5.77. The van der Waals surface area contributed by atoms with E-state index in [1.165, 1.54) is 6.07 Å². The van der Waals surface area contributed by atoms with Crippen LogP contribution in [-0.4, -0.2) is 5.91 Å². The second-order valence-corrected chi connectivity index (χ2v) is 5.77. The first kappa shape index (κ1) is 16.0. The van der Waals surface area contributed by atoms with Gasteiger partial charge in [0.2, 0.25) is 0 Å². The highest BCUT2D eigenvalue weighted by atomic mass is 16.4. The summed E-state index contributed by atoms with van der Waals surface area (Å²) >= 11 is 0. The lowest BCUT2D eigenvalue weighted by Gasteiger charge is -2.10. The Labute approximate surface area is 140 Å². The summed E-state index contributed by atoms with van der Waals surface area (Å²) in [5, 5.41) is 3.75. The number of carbonyl (C=O) groups is 1. The third kappa shape index (κ3) is 3.23. The number of benzene rings is 2. The van der Waals surface area contributed by atoms with Crippen molar-refractivity contribution in [1.29, 1.82) is 0 Å². The average molecular weight is 321 g/mol. The van der Waals surface area contributed by atoms with E-state index in [1.54, 1.807) is 6.07 Å². The molecular weight excluding hydrogens is 302 g/mol. The predicted molar refractivity (Wildman–Crippen MR) is 94.2 cm³/mol. The molecule has 1 amide bonds. The van der Waals surface area contributed by atoms with E-state index in [2.05, 4.69) is 12.2 Å². The molecule has 0 aliphatic heterocycles. The highest BCUT2D eigenvalue weighted by molar-refractivity contribution is 5.95. The Bertz CT molecular complexity index is 957. The lowest BCUT2D eigenvalue weighted by molar-refractivity contribution is 0.0950. The number of rotatable bonds is 4. The van der Waals surface area contributed by atoms with Gasteiger partial charge in [0, 0.05) is 23.6 Å². The van der Waals surface area contributed by atoms with E-state index in [-0.39, 0.29) is 12.5 Å². The summed E-state index contributed by atoms with van der Waals surface area (Å²) in [6, 6.07) is 14.6. The van der Waals surface area contributed by atoms with Gasteiger partial charge in [-0.05, 0) is 48.2 Å². The highest BCUT2D eigenvalue weighted by Gasteiger charge is 2.11. The van der Waals surface area contributed by atoms with Crippen molar-refractivity contribution in [1.82, 2.24) is 5.32 Å². The van der Waals surface area contributed by atoms with Gasteiger partial charge in [-0.15, -0.1) is 0 Å². The van der Waals surface area contributed by atoms with E-state index in [4.69, 9.17) is 4.42 Å². The first-order valence-electron chi connectivity index (χ1n) is 7.98. The maximum atomic E-state index is 12.4. The van der Waals surface area contributed by atoms with Crippen molar-refractivity contribution < 1.29 is 9.21 Å². The molecular formula is C20H19NO3. The summed E-state index contributed by atoms with van der Waals surface area (Å²) in [6.45, 7) is 4.25. The van der Waals surface area contributed by atoms with Crippen molar-refractivity contribution in [3.8, 4) is 0 Å². The van der Waals surface area contributed by atoms with Crippen LogP contribution in [0.1, 0.15) is 34.0 Å². The molecule has 0 bridgehead atoms. The molecule has 1 N–H and O–H groups in total. The zero-order chi connectivity index (χ0) is 17.1. The summed E-state index contributed by atoms with van der Waals surface area (Å²) < 4.78 is 5.24. The maximum absolute atomic E-state index is 12.4. The van der Waals surface area contributed by atoms with Crippen molar-refractivity contribution in [2.45, 2.75) is 26.8 Å². The van der Waals surface area contributed by atoms with E-state index < -0.39 is 5.63 Å². The van der Waals surface area contributed by atoms with Gasteiger partial charge in [0.05, 0.1) is 0 Å². The molecule has 3 rings (SSSR count). The number of hydrogen-bond donors (Lipinski definition) is 1. The molecule has 0 unspecified atom stereocenters. The number of hydrogen-bond acceptors (Lipinski definition) is 3. The minimum Gasteiger partial charge on any atom is -0.423 e. The van der Waals surface area contributed by atoms with E-state index in [1.807, 2.05) is 43.3 Å². The fraction of sp³-hybridized carbons (Fsp3) is 0.200. The first-order chi connectivity index (χ1) is 11.6. The summed E-state index contributed by atoms with van der Waals surface area (Å²) in [4.78, 5) is 24.1. The second kappa shape index (κ2) is 6.71. The number of nitrogens with one attached hydrogen (secondary N) is 1. The molecule has 0 radical (unpaired) electrons. The lowest BCUT2D eigenvalue weighted by atomic mass is 10.0. The average Bonchev–Trinajstić information content (AvgIpc) is 2.59. The smallest absolute Gasteiger partial charge is 0.336 e. The molecule has 4 nitrogen and oxygen atoms in total. The fourth-order valence-corrected chi connectivity index (χ4v) is 2.74. The van der Waals surface area contributed by atoms with Crippen LogP contribution >= 0.6 is 0 Å². The van der Waals surface area contributed by atoms with Gasteiger partial charge < -0.3 is 9.73 Å². The standard InChI is InChI=1S/C20H19NO3/c1-3-14-8-9-18-17(10-14)15(11-19(22)24-18)12-21-20(23)16-7-5-4-6-13(16)2/h4-11H,3,12H2,1-2H3,(H,21,23). The molecule has 0 aliphatic carbocycles. The molecule has 0 saturated heterocycles. The molecule has 1 aromatic heterocycles. The molecule has 0 fully saturated rings. The van der Waals surface area contributed by atoms with Gasteiger partial charge in [-0.25, -0.2) is 4.79 Å². The summed E-state index contributed by atoms with van der Waals surface area (Å²) in [6.07, 6.45) is 0.893. The molecule has 4 heteroatoms. The number of aryl methyl sites for hydroxylation is 2. The van der Waals surface area contributed by atoms with E-state index in [9.17, 15) is 9.59 Å². The van der Waals surface area contributed by atoms with Gasteiger partial charge in [0.1, 0.15) is 5.58 Å². The largest absolute Gasteiger partial charge is 0.423 e. The number of amides is 1. The summed E-state index contributed by atoms with van der Waals surface area (Å²) in [7, 11) is 0. The molecule has 2 aromatic carbocycles. The van der Waals surface area contributed by atoms with Crippen LogP contribution < -0.4 is 10.9 Å². The lowest BCUT2D eigenvalue weighted by Crippen LogP contribution is -2.24. The third-order valence-electron chi connectivity index (χ3n) is 4.13. The Hall–Kier alpha value is -2.88. The molecule has 122 valence electrons. The Morgan fingerprint density at radius 2 is 1.92 bits per heavy atom. The molecule has 0 atom stereocenters. The van der Waals surface area contributed by atoms with E-state index in [0.717, 1.165) is 28.5 Å². The normalized spacial score (nSPS) is 10.8. The minimum absolute atomic E-state index is 0.152. The summed E-state index contributed by atoms with van der Waals surface area (Å²) in [5.41, 5.74) is 3.60. The van der Waals surface area contributed by atoms with Crippen molar-refractivity contribution in [3.63, 3.8) is 0 Å².